The Labute approximate surface area is 453 Å². The van der Waals surface area contributed by atoms with Crippen molar-refractivity contribution in [3.8, 4) is 0 Å². The first-order valence-corrected chi connectivity index (χ1v) is 29.2. The molecule has 420 valence electrons. The van der Waals surface area contributed by atoms with Gasteiger partial charge in [0.2, 0.25) is 0 Å². The van der Waals surface area contributed by atoms with Crippen molar-refractivity contribution < 1.29 is 42.9 Å². The Kier molecular flexibility index (Phi) is 51.7. The molecule has 0 aromatic heterocycles. The van der Waals surface area contributed by atoms with Gasteiger partial charge in [0, 0.05) is 12.8 Å². The second-order valence-corrected chi connectivity index (χ2v) is 20.2. The average Bonchev–Trinajstić information content (AvgIpc) is 3.37. The lowest BCUT2D eigenvalue weighted by Crippen LogP contribution is -2.40. The molecule has 0 heterocycles. The molecule has 1 N–H and O–H groups in total. The number of nitrogens with zero attached hydrogens (tertiary/aromatic N) is 1. The number of rotatable bonds is 52. The molecule has 0 saturated heterocycles. The van der Waals surface area contributed by atoms with Crippen LogP contribution in [0.25, 0.3) is 0 Å². The van der Waals surface area contributed by atoms with E-state index in [0.717, 1.165) is 122 Å². The van der Waals surface area contributed by atoms with Crippen molar-refractivity contribution in [1.82, 2.24) is 0 Å². The third-order valence-electron chi connectivity index (χ3n) is 12.0. The van der Waals surface area contributed by atoms with E-state index in [2.05, 4.69) is 135 Å². The Hall–Kier alpha value is -4.31. The van der Waals surface area contributed by atoms with Gasteiger partial charge in [0.1, 0.15) is 13.2 Å². The molecule has 0 aromatic carbocycles. The van der Waals surface area contributed by atoms with Crippen LogP contribution in [-0.4, -0.2) is 87.4 Å². The fourth-order valence-corrected chi connectivity index (χ4v) is 7.47. The van der Waals surface area contributed by atoms with Crippen molar-refractivity contribution in [2.24, 2.45) is 0 Å². The molecule has 0 amide bonds. The fourth-order valence-electron chi connectivity index (χ4n) is 7.47. The molecule has 0 aliphatic rings. The number of allylic oxidation sites excluding steroid dienone is 20. The summed E-state index contributed by atoms with van der Waals surface area (Å²) in [7, 11) is 5.95. The maximum Gasteiger partial charge on any atom is 0.361 e. The standard InChI is InChI=1S/C65H107NO8/c1-6-8-10-12-14-16-18-20-22-24-25-26-27-28-29-30-31-32-33-34-35-36-37-38-39-40-42-44-46-48-50-52-54-56-63(68)74-61(60-73-65(64(69)70)71-58-57-66(3,4)5)59-72-62(67)55-53-51-49-47-45-43-41-23-21-19-17-15-13-11-9-7-2/h8,10,14,16-17,19-20,22-23,25-26,28-29,31-32,34-35,37-38,41,61,65H,6-7,9,11-13,15,18,21,24,27,30,33,36,39-40,42-60H2,1-5H3/p+1/b10-8-,16-14-,19-17-,22-20-,26-25-,29-28-,32-31-,35-34-,38-37-,41-23-. The number of carbonyl (C=O) groups excluding carboxylic acids is 2. The number of quaternary nitrogens is 1. The van der Waals surface area contributed by atoms with Gasteiger partial charge in [-0.2, -0.15) is 0 Å². The maximum atomic E-state index is 12.9. The molecule has 0 rings (SSSR count). The topological polar surface area (TPSA) is 108 Å². The number of likely N-dealkylation sites (N-methyl/N-ethyl adjacent to an activating group) is 1. The first-order valence-electron chi connectivity index (χ1n) is 29.2. The third kappa shape index (κ3) is 55.4. The summed E-state index contributed by atoms with van der Waals surface area (Å²) in [5.41, 5.74) is 0. The lowest BCUT2D eigenvalue weighted by Gasteiger charge is -2.25. The van der Waals surface area contributed by atoms with E-state index in [0.29, 0.717) is 17.4 Å². The highest BCUT2D eigenvalue weighted by Crippen LogP contribution is 2.14. The van der Waals surface area contributed by atoms with Crippen molar-refractivity contribution in [2.45, 2.75) is 225 Å². The van der Waals surface area contributed by atoms with Gasteiger partial charge < -0.3 is 28.5 Å². The highest BCUT2D eigenvalue weighted by atomic mass is 16.7. The Bertz CT molecular complexity index is 1620. The molecule has 2 atom stereocenters. The number of aliphatic carboxylic acids is 1. The number of hydrogen-bond acceptors (Lipinski definition) is 7. The Balaban J connectivity index is 4.27. The lowest BCUT2D eigenvalue weighted by atomic mass is 10.1. The number of ether oxygens (including phenoxy) is 4. The van der Waals surface area contributed by atoms with Crippen molar-refractivity contribution in [3.63, 3.8) is 0 Å². The van der Waals surface area contributed by atoms with Gasteiger partial charge >= 0.3 is 17.9 Å². The van der Waals surface area contributed by atoms with Crippen LogP contribution in [0.5, 0.6) is 0 Å². The highest BCUT2D eigenvalue weighted by molar-refractivity contribution is 5.71. The molecule has 0 aromatic rings. The summed E-state index contributed by atoms with van der Waals surface area (Å²) in [4.78, 5) is 37.4. The molecule has 9 heteroatoms. The Morgan fingerprint density at radius 1 is 0.419 bits per heavy atom. The van der Waals surface area contributed by atoms with Crippen molar-refractivity contribution >= 4 is 17.9 Å². The molecule has 0 spiro atoms. The predicted molar refractivity (Wildman–Crippen MR) is 313 cm³/mol. The van der Waals surface area contributed by atoms with Crippen LogP contribution in [-0.2, 0) is 33.3 Å². The van der Waals surface area contributed by atoms with Crippen LogP contribution in [0.1, 0.15) is 213 Å². The number of unbranched alkanes of at least 4 members (excludes halogenated alkanes) is 17. The number of carboxylic acid groups (broad SMARTS) is 1. The van der Waals surface area contributed by atoms with Gasteiger partial charge in [-0.25, -0.2) is 4.79 Å². The third-order valence-corrected chi connectivity index (χ3v) is 12.0. The second-order valence-electron chi connectivity index (χ2n) is 20.2. The minimum absolute atomic E-state index is 0.177. The molecule has 0 bridgehead atoms. The molecule has 0 radical (unpaired) electrons. The fraction of sp³-hybridized carbons (Fsp3) is 0.646. The van der Waals surface area contributed by atoms with Gasteiger partial charge in [-0.3, -0.25) is 9.59 Å². The monoisotopic (exact) mass is 1030 g/mol. The number of carbonyl (C=O) groups is 3. The van der Waals surface area contributed by atoms with E-state index >= 15 is 0 Å². The highest BCUT2D eigenvalue weighted by Gasteiger charge is 2.25. The van der Waals surface area contributed by atoms with E-state index in [1.807, 2.05) is 21.1 Å². The summed E-state index contributed by atoms with van der Waals surface area (Å²) >= 11 is 0. The van der Waals surface area contributed by atoms with Crippen LogP contribution < -0.4 is 0 Å². The van der Waals surface area contributed by atoms with Crippen molar-refractivity contribution in [2.75, 3.05) is 47.5 Å². The van der Waals surface area contributed by atoms with Gasteiger partial charge in [-0.05, 0) is 109 Å². The molecule has 9 nitrogen and oxygen atoms in total. The van der Waals surface area contributed by atoms with Crippen LogP contribution in [0.4, 0.5) is 0 Å². The van der Waals surface area contributed by atoms with Gasteiger partial charge in [0.15, 0.2) is 6.10 Å². The SMILES string of the molecule is CC/C=C\C/C=C\C/C=C\C/C=C\C/C=C\C/C=C\C/C=C\C/C=C\CCCCCCCCCCC(=O)OC(COC(=O)CCCCCCC/C=C\C/C=C\CCCCCC)COC(OCC[N+](C)(C)C)C(=O)O. The number of carboxylic acids is 1. The average molecular weight is 1030 g/mol. The van der Waals surface area contributed by atoms with Crippen LogP contribution in [0.2, 0.25) is 0 Å². The quantitative estimate of drug-likeness (QED) is 0.0211. The molecular formula is C65H108NO8+. The van der Waals surface area contributed by atoms with Gasteiger partial charge in [0.05, 0.1) is 34.4 Å². The largest absolute Gasteiger partial charge is 0.477 e. The van der Waals surface area contributed by atoms with E-state index in [9.17, 15) is 19.5 Å². The molecule has 0 fully saturated rings. The summed E-state index contributed by atoms with van der Waals surface area (Å²) in [5, 5.41) is 9.70. The molecule has 74 heavy (non-hydrogen) atoms. The van der Waals surface area contributed by atoms with Crippen LogP contribution >= 0.6 is 0 Å². The molecule has 0 saturated carbocycles. The minimum Gasteiger partial charge on any atom is -0.477 e. The van der Waals surface area contributed by atoms with Crippen molar-refractivity contribution in [1.29, 1.82) is 0 Å². The van der Waals surface area contributed by atoms with E-state index in [-0.39, 0.29) is 38.6 Å². The lowest BCUT2D eigenvalue weighted by molar-refractivity contribution is -0.870. The Morgan fingerprint density at radius 3 is 1.15 bits per heavy atom. The zero-order valence-electron chi connectivity index (χ0n) is 47.7. The smallest absolute Gasteiger partial charge is 0.361 e. The van der Waals surface area contributed by atoms with Gasteiger partial charge in [-0.15, -0.1) is 0 Å². The summed E-state index contributed by atoms with van der Waals surface area (Å²) < 4.78 is 22.8. The van der Waals surface area contributed by atoms with Crippen LogP contribution in [0.3, 0.4) is 0 Å². The summed E-state index contributed by atoms with van der Waals surface area (Å²) in [6.45, 7) is 4.70. The first kappa shape index (κ1) is 69.7. The number of hydrogen-bond donors (Lipinski definition) is 1. The van der Waals surface area contributed by atoms with Crippen molar-refractivity contribution in [3.05, 3.63) is 122 Å². The zero-order valence-corrected chi connectivity index (χ0v) is 47.7. The van der Waals surface area contributed by atoms with Gasteiger partial charge in [-0.1, -0.05) is 212 Å². The van der Waals surface area contributed by atoms with Crippen LogP contribution in [0.15, 0.2) is 122 Å². The molecule has 0 aliphatic heterocycles. The van der Waals surface area contributed by atoms with E-state index < -0.39 is 24.3 Å². The molecular weight excluding hydrogens is 923 g/mol. The minimum atomic E-state index is -1.52. The van der Waals surface area contributed by atoms with Crippen LogP contribution in [0, 0.1) is 0 Å². The first-order chi connectivity index (χ1) is 36.1. The van der Waals surface area contributed by atoms with E-state index in [1.54, 1.807) is 0 Å². The summed E-state index contributed by atoms with van der Waals surface area (Å²) in [6, 6.07) is 0. The maximum absolute atomic E-state index is 12.9. The summed E-state index contributed by atoms with van der Waals surface area (Å²) in [6.07, 6.45) is 74.2. The van der Waals surface area contributed by atoms with E-state index in [1.165, 1.54) is 57.8 Å². The summed E-state index contributed by atoms with van der Waals surface area (Å²) in [5.74, 6) is -2.05. The zero-order chi connectivity index (χ0) is 54.1. The van der Waals surface area contributed by atoms with Gasteiger partial charge in [0.25, 0.3) is 6.29 Å². The van der Waals surface area contributed by atoms with E-state index in [4.69, 9.17) is 18.9 Å². The molecule has 2 unspecified atom stereocenters. The normalized spacial score (nSPS) is 13.7. The predicted octanol–water partition coefficient (Wildman–Crippen LogP) is 17.3. The second kappa shape index (κ2) is 54.9. The number of esters is 2. The Morgan fingerprint density at radius 2 is 0.770 bits per heavy atom. The molecule has 0 aliphatic carbocycles.